The van der Waals surface area contributed by atoms with Crippen molar-refractivity contribution in [2.24, 2.45) is 0 Å². The summed E-state index contributed by atoms with van der Waals surface area (Å²) in [5, 5.41) is 4.90. The van der Waals surface area contributed by atoms with E-state index in [1.807, 2.05) is 0 Å². The Balaban J connectivity index is 2.58. The summed E-state index contributed by atoms with van der Waals surface area (Å²) in [4.78, 5) is 0. The molecule has 1 aromatic rings. The molecule has 10 heteroatoms. The molecule has 102 valence electrons. The number of hydrogen-bond acceptors (Lipinski definition) is 6. The molecule has 0 aliphatic rings. The van der Waals surface area contributed by atoms with Crippen LogP contribution in [0.15, 0.2) is 24.3 Å². The van der Waals surface area contributed by atoms with Crippen LogP contribution in [-0.2, 0) is 20.2 Å². The zero-order valence-electron chi connectivity index (χ0n) is 9.07. The molecule has 8 nitrogen and oxygen atoms in total. The molecule has 0 bridgehead atoms. The van der Waals surface area contributed by atoms with Crippen LogP contribution in [-0.4, -0.2) is 37.7 Å². The van der Waals surface area contributed by atoms with Crippen molar-refractivity contribution in [2.75, 3.05) is 22.4 Å². The Bertz CT molecular complexity index is 538. The van der Waals surface area contributed by atoms with Gasteiger partial charge in [-0.2, -0.15) is 16.8 Å². The first-order chi connectivity index (χ1) is 8.16. The van der Waals surface area contributed by atoms with Crippen LogP contribution in [0.25, 0.3) is 0 Å². The Morgan fingerprint density at radius 1 is 0.778 bits per heavy atom. The third kappa shape index (κ3) is 6.39. The lowest BCUT2D eigenvalue weighted by Gasteiger charge is -2.07. The van der Waals surface area contributed by atoms with Gasteiger partial charge in [-0.3, -0.25) is 9.11 Å². The highest BCUT2D eigenvalue weighted by atomic mass is 32.2. The maximum atomic E-state index is 10.5. The summed E-state index contributed by atoms with van der Waals surface area (Å²) in [6.07, 6.45) is 0. The van der Waals surface area contributed by atoms with Gasteiger partial charge in [0, 0.05) is 11.4 Å². The Labute approximate surface area is 105 Å². The topological polar surface area (TPSA) is 133 Å². The van der Waals surface area contributed by atoms with Gasteiger partial charge in [-0.15, -0.1) is 0 Å². The van der Waals surface area contributed by atoms with Crippen LogP contribution in [0.1, 0.15) is 0 Å². The standard InChI is InChI=1S/C8H12N2O6S2/c11-17(12,13)5-9-7-1-2-8(4-3-7)10-6-18(14,15)16/h1-4,9-10H,5-6H2,(H,11,12,13)(H,14,15,16). The largest absolute Gasteiger partial charge is 0.370 e. The van der Waals surface area contributed by atoms with Crippen molar-refractivity contribution < 1.29 is 25.9 Å². The highest BCUT2D eigenvalue weighted by Crippen LogP contribution is 2.13. The van der Waals surface area contributed by atoms with Crippen molar-refractivity contribution in [3.63, 3.8) is 0 Å². The molecule has 0 aliphatic carbocycles. The zero-order chi connectivity index (χ0) is 13.8. The highest BCUT2D eigenvalue weighted by Gasteiger charge is 2.05. The van der Waals surface area contributed by atoms with E-state index in [0.717, 1.165) is 0 Å². The second kappa shape index (κ2) is 5.52. The molecule has 0 aromatic heterocycles. The summed E-state index contributed by atoms with van der Waals surface area (Å²) >= 11 is 0. The van der Waals surface area contributed by atoms with Crippen LogP contribution in [0, 0.1) is 0 Å². The fraction of sp³-hybridized carbons (Fsp3) is 0.250. The minimum atomic E-state index is -4.10. The van der Waals surface area contributed by atoms with E-state index in [9.17, 15) is 16.8 Å². The Morgan fingerprint density at radius 3 is 1.28 bits per heavy atom. The predicted molar refractivity (Wildman–Crippen MR) is 66.5 cm³/mol. The first-order valence-electron chi connectivity index (χ1n) is 4.64. The van der Waals surface area contributed by atoms with Crippen molar-refractivity contribution >= 4 is 31.6 Å². The molecule has 0 amide bonds. The third-order valence-electron chi connectivity index (χ3n) is 1.80. The number of nitrogens with one attached hydrogen (secondary N) is 2. The Hall–Kier alpha value is -1.36. The number of hydrogen-bond donors (Lipinski definition) is 4. The van der Waals surface area contributed by atoms with Gasteiger partial charge in [0.2, 0.25) is 0 Å². The van der Waals surface area contributed by atoms with Crippen LogP contribution in [0.3, 0.4) is 0 Å². The quantitative estimate of drug-likeness (QED) is 0.547. The normalized spacial score (nSPS) is 12.1. The molecule has 0 unspecified atom stereocenters. The van der Waals surface area contributed by atoms with Crippen molar-refractivity contribution in [1.82, 2.24) is 0 Å². The number of benzene rings is 1. The molecule has 0 saturated carbocycles. The molecule has 0 fully saturated rings. The molecule has 0 saturated heterocycles. The summed E-state index contributed by atoms with van der Waals surface area (Å²) < 4.78 is 58.9. The summed E-state index contributed by atoms with van der Waals surface area (Å²) in [6, 6.07) is 5.93. The fourth-order valence-electron chi connectivity index (χ4n) is 1.05. The van der Waals surface area contributed by atoms with E-state index in [2.05, 4.69) is 10.6 Å². The summed E-state index contributed by atoms with van der Waals surface area (Å²) in [7, 11) is -8.20. The minimum absolute atomic E-state index is 0.435. The number of anilines is 2. The van der Waals surface area contributed by atoms with Gasteiger partial charge in [0.15, 0.2) is 0 Å². The van der Waals surface area contributed by atoms with Crippen LogP contribution in [0.5, 0.6) is 0 Å². The molecule has 0 heterocycles. The molecule has 18 heavy (non-hydrogen) atoms. The maximum absolute atomic E-state index is 10.5. The smallest absolute Gasteiger partial charge is 0.283 e. The number of rotatable bonds is 6. The van der Waals surface area contributed by atoms with Crippen molar-refractivity contribution in [3.8, 4) is 0 Å². The summed E-state index contributed by atoms with van der Waals surface area (Å²) in [5.74, 6) is -1.24. The fourth-order valence-corrected chi connectivity index (χ4v) is 1.75. The third-order valence-corrected chi connectivity index (χ3v) is 2.82. The Kier molecular flexibility index (Phi) is 4.51. The molecule has 0 radical (unpaired) electrons. The van der Waals surface area contributed by atoms with Crippen LogP contribution >= 0.6 is 0 Å². The molecule has 1 aromatic carbocycles. The van der Waals surface area contributed by atoms with Gasteiger partial charge >= 0.3 is 0 Å². The Morgan fingerprint density at radius 2 is 1.06 bits per heavy atom. The molecule has 1 rings (SSSR count). The summed E-state index contributed by atoms with van der Waals surface area (Å²) in [6.45, 7) is 0. The molecule has 0 atom stereocenters. The van der Waals surface area contributed by atoms with E-state index in [1.165, 1.54) is 24.3 Å². The lowest BCUT2D eigenvalue weighted by Crippen LogP contribution is -2.14. The van der Waals surface area contributed by atoms with Crippen molar-refractivity contribution in [1.29, 1.82) is 0 Å². The molecule has 0 aliphatic heterocycles. The SMILES string of the molecule is O=S(=O)(O)CNc1ccc(NCS(=O)(=O)O)cc1. The van der Waals surface area contributed by atoms with E-state index in [4.69, 9.17) is 9.11 Å². The molecule has 0 spiro atoms. The minimum Gasteiger partial charge on any atom is -0.370 e. The highest BCUT2D eigenvalue weighted by molar-refractivity contribution is 7.86. The van der Waals surface area contributed by atoms with Gasteiger partial charge in [-0.05, 0) is 24.3 Å². The zero-order valence-corrected chi connectivity index (χ0v) is 10.7. The van der Waals surface area contributed by atoms with Gasteiger partial charge in [-0.25, -0.2) is 0 Å². The maximum Gasteiger partial charge on any atom is 0.283 e. The van der Waals surface area contributed by atoms with Crippen LogP contribution in [0.2, 0.25) is 0 Å². The van der Waals surface area contributed by atoms with E-state index < -0.39 is 32.0 Å². The lowest BCUT2D eigenvalue weighted by atomic mass is 10.3. The second-order valence-corrected chi connectivity index (χ2v) is 6.29. The van der Waals surface area contributed by atoms with Gasteiger partial charge in [0.25, 0.3) is 20.2 Å². The summed E-state index contributed by atoms with van der Waals surface area (Å²) in [5.41, 5.74) is 0.870. The molecule has 4 N–H and O–H groups in total. The molecular formula is C8H12N2O6S2. The van der Waals surface area contributed by atoms with Crippen LogP contribution < -0.4 is 10.6 Å². The lowest BCUT2D eigenvalue weighted by molar-refractivity contribution is 0.483. The van der Waals surface area contributed by atoms with Gasteiger partial charge in [0.1, 0.15) is 11.8 Å². The average Bonchev–Trinajstić information content (AvgIpc) is 2.23. The van der Waals surface area contributed by atoms with Gasteiger partial charge in [-0.1, -0.05) is 0 Å². The molecular weight excluding hydrogens is 284 g/mol. The van der Waals surface area contributed by atoms with Crippen molar-refractivity contribution in [3.05, 3.63) is 24.3 Å². The first-order valence-corrected chi connectivity index (χ1v) is 7.86. The van der Waals surface area contributed by atoms with E-state index >= 15 is 0 Å². The first kappa shape index (κ1) is 14.7. The van der Waals surface area contributed by atoms with E-state index in [-0.39, 0.29) is 0 Å². The van der Waals surface area contributed by atoms with Gasteiger partial charge < -0.3 is 10.6 Å². The van der Waals surface area contributed by atoms with Crippen LogP contribution in [0.4, 0.5) is 11.4 Å². The van der Waals surface area contributed by atoms with E-state index in [0.29, 0.717) is 11.4 Å². The van der Waals surface area contributed by atoms with E-state index in [1.54, 1.807) is 0 Å². The predicted octanol–water partition coefficient (Wildman–Crippen LogP) is 0.201. The van der Waals surface area contributed by atoms with Crippen molar-refractivity contribution in [2.45, 2.75) is 0 Å². The second-order valence-electron chi connectivity index (χ2n) is 3.38. The monoisotopic (exact) mass is 296 g/mol. The van der Waals surface area contributed by atoms with Gasteiger partial charge in [0.05, 0.1) is 0 Å². The average molecular weight is 296 g/mol.